The Hall–Kier alpha value is -3.34. The number of carbonyl (C=O) groups is 1. The quantitative estimate of drug-likeness (QED) is 0.727. The molecule has 3 aromatic rings. The second kappa shape index (κ2) is 8.36. The first-order valence-corrected chi connectivity index (χ1v) is 8.84. The molecule has 0 atom stereocenters. The Morgan fingerprint density at radius 2 is 1.78 bits per heavy atom. The third-order valence-corrected chi connectivity index (χ3v) is 4.42. The molecule has 0 fully saturated rings. The Morgan fingerprint density at radius 3 is 2.48 bits per heavy atom. The molecule has 0 radical (unpaired) electrons. The van der Waals surface area contributed by atoms with Crippen molar-refractivity contribution < 1.29 is 9.53 Å². The van der Waals surface area contributed by atoms with E-state index < -0.39 is 5.91 Å². The summed E-state index contributed by atoms with van der Waals surface area (Å²) in [5, 5.41) is 2.86. The van der Waals surface area contributed by atoms with Crippen molar-refractivity contribution in [2.75, 3.05) is 12.4 Å². The number of carbonyl (C=O) groups excluding carboxylic acids is 1. The van der Waals surface area contributed by atoms with Crippen LogP contribution in [0.2, 0.25) is 0 Å². The van der Waals surface area contributed by atoms with E-state index in [4.69, 9.17) is 4.74 Å². The molecule has 1 N–H and O–H groups in total. The first-order chi connectivity index (χ1) is 13.1. The molecule has 1 aromatic heterocycles. The van der Waals surface area contributed by atoms with E-state index in [0.717, 1.165) is 29.0 Å². The van der Waals surface area contributed by atoms with E-state index in [2.05, 4.69) is 5.32 Å². The van der Waals surface area contributed by atoms with E-state index in [-0.39, 0.29) is 11.1 Å². The van der Waals surface area contributed by atoms with Gasteiger partial charge in [-0.15, -0.1) is 0 Å². The third kappa shape index (κ3) is 4.26. The molecule has 0 aliphatic carbocycles. The molecular formula is C22H22N2O3. The molecular weight excluding hydrogens is 340 g/mol. The minimum absolute atomic E-state index is 0.122. The van der Waals surface area contributed by atoms with Crippen molar-refractivity contribution in [1.82, 2.24) is 4.57 Å². The van der Waals surface area contributed by atoms with Gasteiger partial charge >= 0.3 is 0 Å². The number of para-hydroxylation sites is 1. The first-order valence-electron chi connectivity index (χ1n) is 8.84. The van der Waals surface area contributed by atoms with Crippen LogP contribution in [0.15, 0.2) is 71.7 Å². The minimum Gasteiger partial charge on any atom is -0.497 e. The first kappa shape index (κ1) is 18.5. The fourth-order valence-corrected chi connectivity index (χ4v) is 2.90. The van der Waals surface area contributed by atoms with Gasteiger partial charge in [0.1, 0.15) is 11.3 Å². The zero-order valence-corrected chi connectivity index (χ0v) is 15.4. The number of nitrogens with zero attached hydrogens (tertiary/aromatic N) is 1. The van der Waals surface area contributed by atoms with E-state index >= 15 is 0 Å². The number of hydrogen-bond donors (Lipinski definition) is 1. The van der Waals surface area contributed by atoms with Crippen LogP contribution in [0, 0.1) is 0 Å². The van der Waals surface area contributed by atoms with Crippen LogP contribution in [0.5, 0.6) is 5.75 Å². The highest BCUT2D eigenvalue weighted by atomic mass is 16.5. The predicted molar refractivity (Wildman–Crippen MR) is 107 cm³/mol. The van der Waals surface area contributed by atoms with Crippen molar-refractivity contribution in [1.29, 1.82) is 0 Å². The summed E-state index contributed by atoms with van der Waals surface area (Å²) >= 11 is 0. The van der Waals surface area contributed by atoms with Crippen LogP contribution < -0.4 is 15.6 Å². The largest absolute Gasteiger partial charge is 0.497 e. The second-order valence-corrected chi connectivity index (χ2v) is 6.17. The van der Waals surface area contributed by atoms with Gasteiger partial charge in [0.15, 0.2) is 0 Å². The maximum Gasteiger partial charge on any atom is 0.263 e. The number of aryl methyl sites for hydroxylation is 1. The molecule has 1 amide bonds. The fraction of sp³-hybridized carbons (Fsp3) is 0.182. The van der Waals surface area contributed by atoms with Crippen molar-refractivity contribution in [3.63, 3.8) is 0 Å². The fourth-order valence-electron chi connectivity index (χ4n) is 2.90. The van der Waals surface area contributed by atoms with Gasteiger partial charge < -0.3 is 14.6 Å². The molecule has 2 aromatic carbocycles. The molecule has 5 heteroatoms. The van der Waals surface area contributed by atoms with Gasteiger partial charge in [-0.1, -0.05) is 37.3 Å². The summed E-state index contributed by atoms with van der Waals surface area (Å²) in [6.45, 7) is 2.41. The van der Waals surface area contributed by atoms with Crippen LogP contribution in [-0.4, -0.2) is 17.6 Å². The van der Waals surface area contributed by atoms with E-state index in [0.29, 0.717) is 6.54 Å². The average molecular weight is 362 g/mol. The van der Waals surface area contributed by atoms with Crippen LogP contribution in [0.4, 0.5) is 5.69 Å². The average Bonchev–Trinajstić information content (AvgIpc) is 2.70. The maximum absolute atomic E-state index is 12.8. The van der Waals surface area contributed by atoms with E-state index in [1.54, 1.807) is 25.4 Å². The summed E-state index contributed by atoms with van der Waals surface area (Å²) < 4.78 is 6.68. The van der Waals surface area contributed by atoms with Crippen LogP contribution in [-0.2, 0) is 13.0 Å². The minimum atomic E-state index is -0.398. The zero-order chi connectivity index (χ0) is 19.2. The van der Waals surface area contributed by atoms with Crippen LogP contribution in [0.3, 0.4) is 0 Å². The van der Waals surface area contributed by atoms with Gasteiger partial charge in [-0.05, 0) is 47.9 Å². The van der Waals surface area contributed by atoms with Gasteiger partial charge in [0.05, 0.1) is 13.7 Å². The smallest absolute Gasteiger partial charge is 0.263 e. The molecule has 5 nitrogen and oxygen atoms in total. The standard InChI is InChI=1S/C22H22N2O3/c1-3-17-7-4-5-9-20(17)23-21(25)19-8-6-14-24(22(19)26)15-16-10-12-18(27-2)13-11-16/h4-14H,3,15H2,1-2H3,(H,23,25). The molecule has 0 aliphatic rings. The lowest BCUT2D eigenvalue weighted by atomic mass is 10.1. The zero-order valence-electron chi connectivity index (χ0n) is 15.4. The molecule has 0 spiro atoms. The SMILES string of the molecule is CCc1ccccc1NC(=O)c1cccn(Cc2ccc(OC)cc2)c1=O. The predicted octanol–water partition coefficient (Wildman–Crippen LogP) is 3.72. The van der Waals surface area contributed by atoms with Gasteiger partial charge in [-0.2, -0.15) is 0 Å². The Labute approximate surface area is 158 Å². The molecule has 138 valence electrons. The monoisotopic (exact) mass is 362 g/mol. The maximum atomic E-state index is 12.8. The highest BCUT2D eigenvalue weighted by Crippen LogP contribution is 2.16. The molecule has 0 aliphatic heterocycles. The van der Waals surface area contributed by atoms with E-state index in [1.807, 2.05) is 55.5 Å². The lowest BCUT2D eigenvalue weighted by Gasteiger charge is -2.11. The number of ether oxygens (including phenoxy) is 1. The number of rotatable bonds is 6. The molecule has 27 heavy (non-hydrogen) atoms. The Morgan fingerprint density at radius 1 is 1.04 bits per heavy atom. The van der Waals surface area contributed by atoms with E-state index in [1.165, 1.54) is 4.57 Å². The van der Waals surface area contributed by atoms with Crippen LogP contribution in [0.25, 0.3) is 0 Å². The van der Waals surface area contributed by atoms with Crippen molar-refractivity contribution in [3.05, 3.63) is 93.9 Å². The van der Waals surface area contributed by atoms with Crippen molar-refractivity contribution in [3.8, 4) is 5.75 Å². The summed E-state index contributed by atoms with van der Waals surface area (Å²) in [6.07, 6.45) is 2.48. The number of amides is 1. The van der Waals surface area contributed by atoms with Gasteiger partial charge in [-0.3, -0.25) is 9.59 Å². The number of hydrogen-bond acceptors (Lipinski definition) is 3. The van der Waals surface area contributed by atoms with Crippen LogP contribution in [0.1, 0.15) is 28.4 Å². The third-order valence-electron chi connectivity index (χ3n) is 4.42. The summed E-state index contributed by atoms with van der Waals surface area (Å²) in [5.74, 6) is 0.360. The highest BCUT2D eigenvalue weighted by molar-refractivity contribution is 6.04. The number of aromatic nitrogens is 1. The van der Waals surface area contributed by atoms with Crippen molar-refractivity contribution in [2.45, 2.75) is 19.9 Å². The molecule has 0 saturated heterocycles. The number of nitrogens with one attached hydrogen (secondary N) is 1. The lowest BCUT2D eigenvalue weighted by molar-refractivity contribution is 0.102. The van der Waals surface area contributed by atoms with Crippen LogP contribution >= 0.6 is 0 Å². The lowest BCUT2D eigenvalue weighted by Crippen LogP contribution is -2.29. The highest BCUT2D eigenvalue weighted by Gasteiger charge is 2.14. The van der Waals surface area contributed by atoms with Gasteiger partial charge in [0.25, 0.3) is 11.5 Å². The molecule has 0 bridgehead atoms. The molecule has 0 saturated carbocycles. The number of anilines is 1. The van der Waals surface area contributed by atoms with Gasteiger partial charge in [0, 0.05) is 11.9 Å². The topological polar surface area (TPSA) is 60.3 Å². The Bertz CT molecular complexity index is 991. The molecule has 3 rings (SSSR count). The normalized spacial score (nSPS) is 10.4. The summed E-state index contributed by atoms with van der Waals surface area (Å²) in [5.41, 5.74) is 2.51. The van der Waals surface area contributed by atoms with Crippen molar-refractivity contribution >= 4 is 11.6 Å². The van der Waals surface area contributed by atoms with Gasteiger partial charge in [-0.25, -0.2) is 0 Å². The summed E-state index contributed by atoms with van der Waals surface area (Å²) in [7, 11) is 1.61. The number of pyridine rings is 1. The van der Waals surface area contributed by atoms with Gasteiger partial charge in [0.2, 0.25) is 0 Å². The number of benzene rings is 2. The number of methoxy groups -OCH3 is 1. The van der Waals surface area contributed by atoms with E-state index in [9.17, 15) is 9.59 Å². The molecule has 0 unspecified atom stereocenters. The molecule has 1 heterocycles. The Balaban J connectivity index is 1.83. The summed E-state index contributed by atoms with van der Waals surface area (Å²) in [6, 6.07) is 18.4. The summed E-state index contributed by atoms with van der Waals surface area (Å²) in [4.78, 5) is 25.4. The van der Waals surface area contributed by atoms with Crippen molar-refractivity contribution in [2.24, 2.45) is 0 Å². The Kier molecular flexibility index (Phi) is 5.71. The second-order valence-electron chi connectivity index (χ2n) is 6.17.